The molecule has 5 atom stereocenters. The van der Waals surface area contributed by atoms with E-state index in [9.17, 15) is 4.79 Å². The number of aryl methyl sites for hydroxylation is 1. The summed E-state index contributed by atoms with van der Waals surface area (Å²) >= 11 is 0. The predicted molar refractivity (Wildman–Crippen MR) is 83.7 cm³/mol. The van der Waals surface area contributed by atoms with Crippen LogP contribution in [0.25, 0.3) is 0 Å². The van der Waals surface area contributed by atoms with Crippen molar-refractivity contribution in [1.82, 2.24) is 20.0 Å². The number of aromatic nitrogens is 2. The van der Waals surface area contributed by atoms with Gasteiger partial charge in [0, 0.05) is 43.7 Å². The largest absolute Gasteiger partial charge is 0.374 e. The van der Waals surface area contributed by atoms with E-state index in [-0.39, 0.29) is 24.4 Å². The van der Waals surface area contributed by atoms with Gasteiger partial charge in [0.1, 0.15) is 6.04 Å². The average Bonchev–Trinajstić information content (AvgIpc) is 3.20. The van der Waals surface area contributed by atoms with Gasteiger partial charge >= 0.3 is 0 Å². The molecule has 22 heavy (non-hydrogen) atoms. The highest BCUT2D eigenvalue weighted by molar-refractivity contribution is 5.85. The van der Waals surface area contributed by atoms with E-state index in [0.29, 0.717) is 24.0 Å². The molecule has 1 aromatic rings. The number of amides is 1. The fourth-order valence-electron chi connectivity index (χ4n) is 4.34. The topological polar surface area (TPSA) is 59.4 Å². The monoisotopic (exact) mass is 326 g/mol. The quantitative estimate of drug-likeness (QED) is 0.890. The number of hydrogen-bond donors (Lipinski definition) is 1. The maximum atomic E-state index is 12.8. The summed E-state index contributed by atoms with van der Waals surface area (Å²) in [6.45, 7) is 1.70. The molecule has 2 bridgehead atoms. The fraction of sp³-hybridized carbons (Fsp3) is 0.733. The molecule has 0 aromatic carbocycles. The summed E-state index contributed by atoms with van der Waals surface area (Å²) in [7, 11) is 3.70. The lowest BCUT2D eigenvalue weighted by Gasteiger charge is -2.24. The molecule has 3 aliphatic heterocycles. The van der Waals surface area contributed by atoms with Crippen molar-refractivity contribution in [3.05, 3.63) is 18.0 Å². The summed E-state index contributed by atoms with van der Waals surface area (Å²) in [5.74, 6) is 1.28. The Balaban J connectivity index is 0.00000144. The summed E-state index contributed by atoms with van der Waals surface area (Å²) in [5, 5.41) is 7.31. The van der Waals surface area contributed by atoms with Gasteiger partial charge in [-0.15, -0.1) is 12.4 Å². The smallest absolute Gasteiger partial charge is 0.244 e. The van der Waals surface area contributed by atoms with E-state index in [2.05, 4.69) is 10.4 Å². The molecule has 0 radical (unpaired) electrons. The molecule has 6 nitrogen and oxygen atoms in total. The van der Waals surface area contributed by atoms with Crippen molar-refractivity contribution < 1.29 is 9.53 Å². The van der Waals surface area contributed by atoms with E-state index in [0.717, 1.165) is 18.7 Å². The lowest BCUT2D eigenvalue weighted by molar-refractivity contribution is -0.133. The van der Waals surface area contributed by atoms with Crippen LogP contribution in [0.4, 0.5) is 0 Å². The van der Waals surface area contributed by atoms with Crippen LogP contribution in [-0.4, -0.2) is 52.9 Å². The zero-order chi connectivity index (χ0) is 14.6. The third-order valence-electron chi connectivity index (χ3n) is 5.36. The molecule has 0 aliphatic carbocycles. The minimum atomic E-state index is -0.295. The van der Waals surface area contributed by atoms with Crippen LogP contribution in [0, 0.1) is 11.8 Å². The first-order chi connectivity index (χ1) is 10.2. The van der Waals surface area contributed by atoms with Gasteiger partial charge in [-0.05, 0) is 19.9 Å². The molecule has 1 amide bonds. The van der Waals surface area contributed by atoms with E-state index in [1.807, 2.05) is 25.2 Å². The van der Waals surface area contributed by atoms with Gasteiger partial charge in [-0.1, -0.05) is 0 Å². The zero-order valence-corrected chi connectivity index (χ0v) is 13.8. The summed E-state index contributed by atoms with van der Waals surface area (Å²) in [4.78, 5) is 14.9. The fourth-order valence-corrected chi connectivity index (χ4v) is 4.34. The number of carbonyl (C=O) groups is 1. The van der Waals surface area contributed by atoms with E-state index < -0.39 is 0 Å². The molecule has 4 rings (SSSR count). The van der Waals surface area contributed by atoms with Crippen molar-refractivity contribution >= 4 is 18.3 Å². The standard InChI is InChI=1S/C15H22N4O2.ClH/c1-16-14(9-5-17-18(2)6-9)15(20)19-7-10-11(8-19)13-4-3-12(10)21-13;/h5-6,10-14,16H,3-4,7-8H2,1-2H3;1H. The van der Waals surface area contributed by atoms with E-state index in [1.54, 1.807) is 10.9 Å². The highest BCUT2D eigenvalue weighted by Gasteiger charge is 2.54. The molecule has 4 heterocycles. The number of likely N-dealkylation sites (tertiary alicyclic amines) is 1. The SMILES string of the molecule is CNC(C(=O)N1CC2C3CCC(O3)C2C1)c1cnn(C)c1.Cl. The third kappa shape index (κ3) is 2.33. The van der Waals surface area contributed by atoms with Crippen molar-refractivity contribution in [2.24, 2.45) is 18.9 Å². The van der Waals surface area contributed by atoms with Gasteiger partial charge in [0.2, 0.25) is 5.91 Å². The van der Waals surface area contributed by atoms with Crippen molar-refractivity contribution in [3.8, 4) is 0 Å². The van der Waals surface area contributed by atoms with Crippen LogP contribution >= 0.6 is 12.4 Å². The second-order valence-electron chi connectivity index (χ2n) is 6.53. The summed E-state index contributed by atoms with van der Waals surface area (Å²) in [6.07, 6.45) is 6.80. The van der Waals surface area contributed by atoms with Crippen LogP contribution in [0.15, 0.2) is 12.4 Å². The Bertz CT molecular complexity index is 545. The molecule has 0 spiro atoms. The second-order valence-corrected chi connectivity index (χ2v) is 6.53. The van der Waals surface area contributed by atoms with Crippen LogP contribution in [0.1, 0.15) is 24.4 Å². The highest BCUT2D eigenvalue weighted by Crippen LogP contribution is 2.47. The first kappa shape index (κ1) is 15.8. The number of rotatable bonds is 3. The summed E-state index contributed by atoms with van der Waals surface area (Å²) in [5.41, 5.74) is 0.932. The van der Waals surface area contributed by atoms with Gasteiger partial charge in [0.05, 0.1) is 18.4 Å². The molecule has 3 aliphatic rings. The van der Waals surface area contributed by atoms with Gasteiger partial charge < -0.3 is 15.0 Å². The number of hydrogen-bond acceptors (Lipinski definition) is 4. The van der Waals surface area contributed by atoms with Crippen LogP contribution in [0.2, 0.25) is 0 Å². The Labute approximate surface area is 136 Å². The molecule has 7 heteroatoms. The number of ether oxygens (including phenoxy) is 1. The Kier molecular flexibility index (Phi) is 4.18. The second kappa shape index (κ2) is 5.83. The van der Waals surface area contributed by atoms with E-state index in [4.69, 9.17) is 4.74 Å². The number of fused-ring (bicyclic) bond motifs is 5. The maximum Gasteiger partial charge on any atom is 0.244 e. The lowest BCUT2D eigenvalue weighted by Crippen LogP contribution is -2.39. The van der Waals surface area contributed by atoms with Crippen LogP contribution < -0.4 is 5.32 Å². The number of halogens is 1. The third-order valence-corrected chi connectivity index (χ3v) is 5.36. The molecule has 1 aromatic heterocycles. The van der Waals surface area contributed by atoms with E-state index in [1.165, 1.54) is 12.8 Å². The van der Waals surface area contributed by atoms with Crippen molar-refractivity contribution in [1.29, 1.82) is 0 Å². The first-order valence-corrected chi connectivity index (χ1v) is 7.77. The summed E-state index contributed by atoms with van der Waals surface area (Å²) < 4.78 is 7.71. The van der Waals surface area contributed by atoms with Crippen LogP contribution in [-0.2, 0) is 16.6 Å². The van der Waals surface area contributed by atoms with E-state index >= 15 is 0 Å². The van der Waals surface area contributed by atoms with Gasteiger partial charge in [0.15, 0.2) is 0 Å². The maximum absolute atomic E-state index is 12.8. The Morgan fingerprint density at radius 3 is 2.50 bits per heavy atom. The van der Waals surface area contributed by atoms with Crippen molar-refractivity contribution in [2.75, 3.05) is 20.1 Å². The van der Waals surface area contributed by atoms with Gasteiger partial charge in [-0.25, -0.2) is 0 Å². The molecule has 3 saturated heterocycles. The molecule has 3 fully saturated rings. The predicted octanol–water partition coefficient (Wildman–Crippen LogP) is 0.738. The first-order valence-electron chi connectivity index (χ1n) is 7.77. The van der Waals surface area contributed by atoms with Crippen LogP contribution in [0.5, 0.6) is 0 Å². The van der Waals surface area contributed by atoms with Gasteiger partial charge in [-0.3, -0.25) is 9.48 Å². The summed E-state index contributed by atoms with van der Waals surface area (Å²) in [6, 6.07) is -0.295. The number of likely N-dealkylation sites (N-methyl/N-ethyl adjacent to an activating group) is 1. The Morgan fingerprint density at radius 1 is 1.36 bits per heavy atom. The molecule has 0 saturated carbocycles. The molecule has 1 N–H and O–H groups in total. The van der Waals surface area contributed by atoms with Crippen molar-refractivity contribution in [3.63, 3.8) is 0 Å². The molecular weight excluding hydrogens is 304 g/mol. The number of carbonyl (C=O) groups excluding carboxylic acids is 1. The molecule has 5 unspecified atom stereocenters. The van der Waals surface area contributed by atoms with Crippen molar-refractivity contribution in [2.45, 2.75) is 31.1 Å². The van der Waals surface area contributed by atoms with Crippen LogP contribution in [0.3, 0.4) is 0 Å². The minimum absolute atomic E-state index is 0. The average molecular weight is 327 g/mol. The number of nitrogens with zero attached hydrogens (tertiary/aromatic N) is 3. The normalized spacial score (nSPS) is 33.6. The lowest BCUT2D eigenvalue weighted by atomic mass is 9.82. The highest BCUT2D eigenvalue weighted by atomic mass is 35.5. The van der Waals surface area contributed by atoms with Gasteiger partial charge in [-0.2, -0.15) is 5.10 Å². The molecular formula is C15H23ClN4O2. The Hall–Kier alpha value is -1.11. The minimum Gasteiger partial charge on any atom is -0.374 e. The Morgan fingerprint density at radius 2 is 2.00 bits per heavy atom. The van der Waals surface area contributed by atoms with Gasteiger partial charge in [0.25, 0.3) is 0 Å². The zero-order valence-electron chi connectivity index (χ0n) is 12.9. The number of nitrogens with one attached hydrogen (secondary N) is 1. The molecule has 122 valence electrons.